The van der Waals surface area contributed by atoms with Crippen LogP contribution in [0.5, 0.6) is 0 Å². The summed E-state index contributed by atoms with van der Waals surface area (Å²) in [6.07, 6.45) is 4.74. The van der Waals surface area contributed by atoms with Crippen molar-refractivity contribution in [3.63, 3.8) is 0 Å². The van der Waals surface area contributed by atoms with Gasteiger partial charge in [-0.05, 0) is 50.6 Å². The van der Waals surface area contributed by atoms with Gasteiger partial charge in [-0.1, -0.05) is 13.8 Å². The fourth-order valence-corrected chi connectivity index (χ4v) is 3.42. The lowest BCUT2D eigenvalue weighted by Crippen LogP contribution is -2.63. The minimum atomic E-state index is -0.507. The fraction of sp³-hybridized carbons (Fsp3) is 0.929. The molecule has 4 nitrogen and oxygen atoms in total. The summed E-state index contributed by atoms with van der Waals surface area (Å²) in [6, 6.07) is 0. The molecule has 18 heavy (non-hydrogen) atoms. The zero-order valence-electron chi connectivity index (χ0n) is 12.0. The van der Waals surface area contributed by atoms with Gasteiger partial charge in [0.15, 0.2) is 0 Å². The molecule has 0 radical (unpaired) electrons. The van der Waals surface area contributed by atoms with Crippen LogP contribution in [0.15, 0.2) is 0 Å². The second-order valence-electron chi connectivity index (χ2n) is 6.84. The summed E-state index contributed by atoms with van der Waals surface area (Å²) < 4.78 is 0. The normalized spacial score (nSPS) is 27.7. The molecule has 2 rings (SSSR count). The van der Waals surface area contributed by atoms with Gasteiger partial charge in [-0.15, -0.1) is 0 Å². The summed E-state index contributed by atoms with van der Waals surface area (Å²) in [5.74, 6) is 0.251. The smallest absolute Gasteiger partial charge is 0.239 e. The first-order valence-corrected chi connectivity index (χ1v) is 7.11. The topological polar surface area (TPSA) is 58.4 Å². The molecule has 1 aliphatic carbocycles. The Bertz CT molecular complexity index is 325. The Morgan fingerprint density at radius 2 is 2.17 bits per heavy atom. The number of likely N-dealkylation sites (N-methyl/N-ethyl adjacent to an activating group) is 1. The molecule has 0 spiro atoms. The number of carbonyl (C=O) groups is 1. The maximum Gasteiger partial charge on any atom is 0.239 e. The average molecular weight is 253 g/mol. The van der Waals surface area contributed by atoms with Gasteiger partial charge in [-0.3, -0.25) is 4.79 Å². The summed E-state index contributed by atoms with van der Waals surface area (Å²) in [4.78, 5) is 14.3. The molecule has 1 amide bonds. The molecule has 1 saturated heterocycles. The van der Waals surface area contributed by atoms with Crippen molar-refractivity contribution in [1.82, 2.24) is 10.2 Å². The van der Waals surface area contributed by atoms with Gasteiger partial charge in [0, 0.05) is 13.1 Å². The average Bonchev–Trinajstić information content (AvgIpc) is 3.08. The largest absolute Gasteiger partial charge is 0.368 e. The van der Waals surface area contributed by atoms with Crippen LogP contribution in [0, 0.1) is 11.3 Å². The van der Waals surface area contributed by atoms with Crippen molar-refractivity contribution in [1.29, 1.82) is 0 Å². The molecule has 0 aromatic rings. The molecule has 104 valence electrons. The van der Waals surface area contributed by atoms with Crippen molar-refractivity contribution >= 4 is 5.91 Å². The predicted octanol–water partition coefficient (Wildman–Crippen LogP) is 0.962. The van der Waals surface area contributed by atoms with Crippen molar-refractivity contribution in [3.8, 4) is 0 Å². The molecule has 2 aliphatic rings. The highest BCUT2D eigenvalue weighted by atomic mass is 16.1. The molecule has 1 heterocycles. The van der Waals surface area contributed by atoms with Gasteiger partial charge in [0.1, 0.15) is 5.54 Å². The van der Waals surface area contributed by atoms with E-state index in [1.54, 1.807) is 0 Å². The first kappa shape index (κ1) is 13.8. The number of hydrogen-bond acceptors (Lipinski definition) is 3. The van der Waals surface area contributed by atoms with E-state index in [1.165, 1.54) is 12.8 Å². The fourth-order valence-electron chi connectivity index (χ4n) is 3.42. The molecule has 1 saturated carbocycles. The SMILES string of the molecule is CNC(CN1CCCC(C)(C)C1)(C(N)=O)C1CC1. The number of nitrogens with two attached hydrogens (primary N) is 1. The van der Waals surface area contributed by atoms with Gasteiger partial charge in [-0.2, -0.15) is 0 Å². The van der Waals surface area contributed by atoms with Crippen molar-refractivity contribution in [3.05, 3.63) is 0 Å². The summed E-state index contributed by atoms with van der Waals surface area (Å²) in [6.45, 7) is 7.54. The van der Waals surface area contributed by atoms with Gasteiger partial charge in [0.2, 0.25) is 5.91 Å². The molecule has 0 bridgehead atoms. The third kappa shape index (κ3) is 2.69. The van der Waals surface area contributed by atoms with Crippen LogP contribution in [-0.4, -0.2) is 43.0 Å². The zero-order chi connectivity index (χ0) is 13.4. The van der Waals surface area contributed by atoms with Crippen LogP contribution in [0.25, 0.3) is 0 Å². The lowest BCUT2D eigenvalue weighted by molar-refractivity contribution is -0.126. The molecule has 3 N–H and O–H groups in total. The number of likely N-dealkylation sites (tertiary alicyclic amines) is 1. The standard InChI is InChI=1S/C14H27N3O/c1-13(2)7-4-8-17(9-13)10-14(16-3,12(15)18)11-5-6-11/h11,16H,4-10H2,1-3H3,(H2,15,18). The Hall–Kier alpha value is -0.610. The number of nitrogens with one attached hydrogen (secondary N) is 1. The highest BCUT2D eigenvalue weighted by Gasteiger charge is 2.50. The van der Waals surface area contributed by atoms with Crippen molar-refractivity contribution in [2.45, 2.75) is 45.1 Å². The van der Waals surface area contributed by atoms with E-state index in [1.807, 2.05) is 7.05 Å². The van der Waals surface area contributed by atoms with E-state index in [0.29, 0.717) is 11.3 Å². The molecule has 1 unspecified atom stereocenters. The summed E-state index contributed by atoms with van der Waals surface area (Å²) in [7, 11) is 1.87. The first-order chi connectivity index (χ1) is 8.39. The Kier molecular flexibility index (Phi) is 3.70. The van der Waals surface area contributed by atoms with Gasteiger partial charge >= 0.3 is 0 Å². The molecule has 0 aromatic carbocycles. The summed E-state index contributed by atoms with van der Waals surface area (Å²) >= 11 is 0. The van der Waals surface area contributed by atoms with E-state index in [2.05, 4.69) is 24.1 Å². The highest BCUT2D eigenvalue weighted by Crippen LogP contribution is 2.41. The van der Waals surface area contributed by atoms with Gasteiger partial charge in [0.25, 0.3) is 0 Å². The van der Waals surface area contributed by atoms with Gasteiger partial charge < -0.3 is 16.0 Å². The van der Waals surface area contributed by atoms with E-state index in [-0.39, 0.29) is 5.91 Å². The van der Waals surface area contributed by atoms with E-state index >= 15 is 0 Å². The minimum absolute atomic E-state index is 0.184. The third-order valence-electron chi connectivity index (χ3n) is 4.61. The second-order valence-corrected chi connectivity index (χ2v) is 6.84. The van der Waals surface area contributed by atoms with Crippen LogP contribution in [-0.2, 0) is 4.79 Å². The summed E-state index contributed by atoms with van der Waals surface area (Å²) in [5, 5.41) is 3.24. The first-order valence-electron chi connectivity index (χ1n) is 7.11. The Morgan fingerprint density at radius 1 is 1.50 bits per heavy atom. The van der Waals surface area contributed by atoms with Crippen molar-refractivity contribution < 1.29 is 4.79 Å². The van der Waals surface area contributed by atoms with Crippen LogP contribution in [0.1, 0.15) is 39.5 Å². The lowest BCUT2D eigenvalue weighted by Gasteiger charge is -2.43. The number of hydrogen-bond donors (Lipinski definition) is 2. The van der Waals surface area contributed by atoms with Crippen LogP contribution in [0.4, 0.5) is 0 Å². The molecule has 4 heteroatoms. The maximum atomic E-state index is 11.9. The summed E-state index contributed by atoms with van der Waals surface area (Å²) in [5.41, 5.74) is 5.53. The molecule has 1 aliphatic heterocycles. The molecule has 0 aromatic heterocycles. The molecule has 2 fully saturated rings. The lowest BCUT2D eigenvalue weighted by atomic mass is 9.82. The second kappa shape index (κ2) is 4.82. The molecular formula is C14H27N3O. The zero-order valence-corrected chi connectivity index (χ0v) is 12.0. The highest BCUT2D eigenvalue weighted by molar-refractivity contribution is 5.86. The van der Waals surface area contributed by atoms with Crippen LogP contribution >= 0.6 is 0 Å². The van der Waals surface area contributed by atoms with E-state index < -0.39 is 5.54 Å². The molecular weight excluding hydrogens is 226 g/mol. The van der Waals surface area contributed by atoms with Crippen molar-refractivity contribution in [2.75, 3.05) is 26.7 Å². The Labute approximate surface area is 110 Å². The number of rotatable bonds is 5. The number of primary amides is 1. The van der Waals surface area contributed by atoms with Crippen LogP contribution < -0.4 is 11.1 Å². The van der Waals surface area contributed by atoms with Gasteiger partial charge in [-0.25, -0.2) is 0 Å². The van der Waals surface area contributed by atoms with E-state index in [0.717, 1.165) is 32.5 Å². The Balaban J connectivity index is 2.07. The van der Waals surface area contributed by atoms with Crippen molar-refractivity contribution in [2.24, 2.45) is 17.1 Å². The Morgan fingerprint density at radius 3 is 2.61 bits per heavy atom. The molecule has 1 atom stereocenters. The number of amides is 1. The predicted molar refractivity (Wildman–Crippen MR) is 73.2 cm³/mol. The van der Waals surface area contributed by atoms with Crippen LogP contribution in [0.3, 0.4) is 0 Å². The van der Waals surface area contributed by atoms with Gasteiger partial charge in [0.05, 0.1) is 0 Å². The number of nitrogens with zero attached hydrogens (tertiary/aromatic N) is 1. The quantitative estimate of drug-likeness (QED) is 0.767. The third-order valence-corrected chi connectivity index (χ3v) is 4.61. The number of carbonyl (C=O) groups excluding carboxylic acids is 1. The monoisotopic (exact) mass is 253 g/mol. The van der Waals surface area contributed by atoms with Crippen LogP contribution in [0.2, 0.25) is 0 Å². The van der Waals surface area contributed by atoms with E-state index in [9.17, 15) is 4.79 Å². The van der Waals surface area contributed by atoms with E-state index in [4.69, 9.17) is 5.73 Å². The minimum Gasteiger partial charge on any atom is -0.368 e. The number of piperidine rings is 1. The maximum absolute atomic E-state index is 11.9.